The minimum atomic E-state index is -3.45. The van der Waals surface area contributed by atoms with E-state index in [0.29, 0.717) is 49.1 Å². The van der Waals surface area contributed by atoms with E-state index in [4.69, 9.17) is 9.47 Å². The molecule has 1 aromatic heterocycles. The molecule has 0 saturated carbocycles. The molecule has 34 heavy (non-hydrogen) atoms. The van der Waals surface area contributed by atoms with Crippen LogP contribution in [0.3, 0.4) is 0 Å². The molecular weight excluding hydrogens is 482 g/mol. The van der Waals surface area contributed by atoms with E-state index in [2.05, 4.69) is 9.71 Å². The highest BCUT2D eigenvalue weighted by Gasteiger charge is 2.17. The van der Waals surface area contributed by atoms with Crippen LogP contribution in [-0.2, 0) is 14.8 Å². The molecular formula is C23H30ClN3O6S. The first kappa shape index (κ1) is 27.3. The van der Waals surface area contributed by atoms with Gasteiger partial charge in [-0.2, -0.15) is 0 Å². The van der Waals surface area contributed by atoms with Crippen molar-refractivity contribution >= 4 is 50.7 Å². The van der Waals surface area contributed by atoms with Gasteiger partial charge in [0.15, 0.2) is 0 Å². The molecule has 0 atom stereocenters. The normalized spacial score (nSPS) is 11.1. The number of aryl methyl sites for hydroxylation is 1. The molecule has 3 N–H and O–H groups in total. The van der Waals surface area contributed by atoms with Crippen LogP contribution in [0, 0.1) is 6.92 Å². The SMILES string of the molecule is CCOC(=O)c1[nH]c2cc(OCCN(CCO)c3ccccc3NS(C)(=O)=O)ccc2c1C.Cl. The van der Waals surface area contributed by atoms with E-state index >= 15 is 0 Å². The lowest BCUT2D eigenvalue weighted by atomic mass is 10.1. The van der Waals surface area contributed by atoms with Crippen molar-refractivity contribution in [2.45, 2.75) is 13.8 Å². The smallest absolute Gasteiger partial charge is 0.355 e. The number of esters is 1. The van der Waals surface area contributed by atoms with Crippen molar-refractivity contribution in [2.75, 3.05) is 48.8 Å². The molecule has 186 valence electrons. The van der Waals surface area contributed by atoms with Crippen LogP contribution in [0.2, 0.25) is 0 Å². The van der Waals surface area contributed by atoms with Gasteiger partial charge < -0.3 is 24.5 Å². The number of aliphatic hydroxyl groups is 1. The number of ether oxygens (including phenoxy) is 2. The molecule has 0 amide bonds. The lowest BCUT2D eigenvalue weighted by molar-refractivity contribution is 0.0519. The summed E-state index contributed by atoms with van der Waals surface area (Å²) in [7, 11) is -3.45. The summed E-state index contributed by atoms with van der Waals surface area (Å²) in [6, 6.07) is 12.5. The molecule has 0 unspecified atom stereocenters. The van der Waals surface area contributed by atoms with E-state index in [1.165, 1.54) is 0 Å². The fourth-order valence-electron chi connectivity index (χ4n) is 3.60. The van der Waals surface area contributed by atoms with Crippen LogP contribution in [0.4, 0.5) is 11.4 Å². The van der Waals surface area contributed by atoms with Crippen molar-refractivity contribution in [3.05, 3.63) is 53.7 Å². The Morgan fingerprint density at radius 2 is 1.91 bits per heavy atom. The van der Waals surface area contributed by atoms with Crippen molar-refractivity contribution in [3.63, 3.8) is 0 Å². The monoisotopic (exact) mass is 511 g/mol. The van der Waals surface area contributed by atoms with Gasteiger partial charge in [0.05, 0.1) is 42.9 Å². The minimum absolute atomic E-state index is 0. The van der Waals surface area contributed by atoms with Crippen molar-refractivity contribution < 1.29 is 27.8 Å². The summed E-state index contributed by atoms with van der Waals surface area (Å²) in [5.41, 5.74) is 3.09. The zero-order valence-electron chi connectivity index (χ0n) is 19.3. The number of aromatic amines is 1. The topological polar surface area (TPSA) is 121 Å². The number of nitrogens with zero attached hydrogens (tertiary/aromatic N) is 1. The van der Waals surface area contributed by atoms with Gasteiger partial charge in [-0.3, -0.25) is 4.72 Å². The first-order valence-corrected chi connectivity index (χ1v) is 12.5. The summed E-state index contributed by atoms with van der Waals surface area (Å²) in [5, 5.41) is 10.4. The Bertz CT molecular complexity index is 1230. The Kier molecular flexibility index (Phi) is 9.60. The molecule has 11 heteroatoms. The zero-order valence-corrected chi connectivity index (χ0v) is 21.0. The molecule has 0 bridgehead atoms. The predicted molar refractivity (Wildman–Crippen MR) is 136 cm³/mol. The molecule has 3 rings (SSSR count). The molecule has 0 aliphatic rings. The largest absolute Gasteiger partial charge is 0.492 e. The van der Waals surface area contributed by atoms with E-state index in [-0.39, 0.29) is 19.0 Å². The highest BCUT2D eigenvalue weighted by molar-refractivity contribution is 7.92. The number of halogens is 1. The molecule has 1 heterocycles. The van der Waals surface area contributed by atoms with Crippen LogP contribution < -0.4 is 14.4 Å². The molecule has 0 saturated heterocycles. The van der Waals surface area contributed by atoms with E-state index in [1.807, 2.05) is 30.0 Å². The average Bonchev–Trinajstić information content (AvgIpc) is 3.09. The lowest BCUT2D eigenvalue weighted by Crippen LogP contribution is -2.32. The van der Waals surface area contributed by atoms with Gasteiger partial charge in [0, 0.05) is 18.0 Å². The first-order valence-electron chi connectivity index (χ1n) is 10.6. The standard InChI is InChI=1S/C23H29N3O6S.ClH/c1-4-31-23(28)22-16(2)18-10-9-17(15-20(18)24-22)32-14-12-26(11-13-27)21-8-6-5-7-19(21)25-33(3,29)30;/h5-10,15,24-25,27H,4,11-14H2,1-3H3;1H. The second-order valence-electron chi connectivity index (χ2n) is 7.50. The van der Waals surface area contributed by atoms with E-state index in [0.717, 1.165) is 22.7 Å². The number of fused-ring (bicyclic) bond motifs is 1. The highest BCUT2D eigenvalue weighted by Crippen LogP contribution is 2.28. The minimum Gasteiger partial charge on any atom is -0.492 e. The molecule has 0 fully saturated rings. The number of sulfonamides is 1. The molecule has 2 aromatic carbocycles. The second kappa shape index (κ2) is 12.0. The molecule has 3 aromatic rings. The van der Waals surface area contributed by atoms with Gasteiger partial charge in [-0.25, -0.2) is 13.2 Å². The summed E-state index contributed by atoms with van der Waals surface area (Å²) in [6.45, 7) is 4.84. The van der Waals surface area contributed by atoms with Crippen molar-refractivity contribution in [1.82, 2.24) is 4.98 Å². The third kappa shape index (κ3) is 6.78. The van der Waals surface area contributed by atoms with Gasteiger partial charge in [-0.15, -0.1) is 12.4 Å². The number of carbonyl (C=O) groups excluding carboxylic acids is 1. The van der Waals surface area contributed by atoms with Crippen molar-refractivity contribution in [3.8, 4) is 5.75 Å². The summed E-state index contributed by atoms with van der Waals surface area (Å²) >= 11 is 0. The number of carbonyl (C=O) groups is 1. The number of benzene rings is 2. The van der Waals surface area contributed by atoms with Crippen LogP contribution in [0.5, 0.6) is 5.75 Å². The number of H-pyrrole nitrogens is 1. The molecule has 0 aliphatic heterocycles. The molecule has 0 radical (unpaired) electrons. The summed E-state index contributed by atoms with van der Waals surface area (Å²) < 4.78 is 36.9. The van der Waals surface area contributed by atoms with Gasteiger partial charge >= 0.3 is 5.97 Å². The Hall–Kier alpha value is -2.95. The van der Waals surface area contributed by atoms with Crippen LogP contribution in [0.1, 0.15) is 23.0 Å². The second-order valence-corrected chi connectivity index (χ2v) is 9.25. The van der Waals surface area contributed by atoms with E-state index < -0.39 is 16.0 Å². The van der Waals surface area contributed by atoms with E-state index in [1.54, 1.807) is 31.2 Å². The summed E-state index contributed by atoms with van der Waals surface area (Å²) in [5.74, 6) is 0.223. The fourth-order valence-corrected chi connectivity index (χ4v) is 4.17. The van der Waals surface area contributed by atoms with Gasteiger partial charge in [-0.05, 0) is 43.7 Å². The Morgan fingerprint density at radius 3 is 2.59 bits per heavy atom. The number of hydrogen-bond acceptors (Lipinski definition) is 7. The zero-order chi connectivity index (χ0) is 24.0. The Labute approximate surface area is 205 Å². The van der Waals surface area contributed by atoms with Crippen LogP contribution in [0.15, 0.2) is 42.5 Å². The number of aromatic nitrogens is 1. The third-order valence-electron chi connectivity index (χ3n) is 5.05. The molecule has 0 spiro atoms. The quantitative estimate of drug-likeness (QED) is 0.338. The van der Waals surface area contributed by atoms with Gasteiger partial charge in [0.2, 0.25) is 10.0 Å². The predicted octanol–water partition coefficient (Wildman–Crippen LogP) is 3.32. The van der Waals surface area contributed by atoms with Gasteiger partial charge in [0.25, 0.3) is 0 Å². The molecule has 0 aliphatic carbocycles. The number of nitrogens with one attached hydrogen (secondary N) is 2. The average molecular weight is 512 g/mol. The number of hydrogen-bond donors (Lipinski definition) is 3. The number of rotatable bonds is 11. The number of para-hydroxylation sites is 2. The van der Waals surface area contributed by atoms with Crippen LogP contribution in [-0.4, -0.2) is 63.6 Å². The van der Waals surface area contributed by atoms with Gasteiger partial charge in [0.1, 0.15) is 18.1 Å². The lowest BCUT2D eigenvalue weighted by Gasteiger charge is -2.26. The maximum atomic E-state index is 12.1. The maximum Gasteiger partial charge on any atom is 0.355 e. The fraction of sp³-hybridized carbons (Fsp3) is 0.348. The Balaban J connectivity index is 0.00000408. The van der Waals surface area contributed by atoms with Crippen LogP contribution >= 0.6 is 12.4 Å². The first-order chi connectivity index (χ1) is 15.7. The summed E-state index contributed by atoms with van der Waals surface area (Å²) in [6.07, 6.45) is 1.09. The number of aliphatic hydroxyl groups excluding tert-OH is 1. The van der Waals surface area contributed by atoms with E-state index in [9.17, 15) is 18.3 Å². The number of anilines is 2. The molecule has 9 nitrogen and oxygen atoms in total. The van der Waals surface area contributed by atoms with Gasteiger partial charge in [-0.1, -0.05) is 12.1 Å². The Morgan fingerprint density at radius 1 is 1.18 bits per heavy atom. The highest BCUT2D eigenvalue weighted by atomic mass is 35.5. The summed E-state index contributed by atoms with van der Waals surface area (Å²) in [4.78, 5) is 17.1. The van der Waals surface area contributed by atoms with Crippen molar-refractivity contribution in [2.24, 2.45) is 0 Å². The van der Waals surface area contributed by atoms with Crippen molar-refractivity contribution in [1.29, 1.82) is 0 Å². The maximum absolute atomic E-state index is 12.1. The van der Waals surface area contributed by atoms with Crippen LogP contribution in [0.25, 0.3) is 10.9 Å². The third-order valence-corrected chi connectivity index (χ3v) is 5.64.